The Morgan fingerprint density at radius 1 is 0.833 bits per heavy atom. The van der Waals surface area contributed by atoms with Crippen LogP contribution in [0.4, 0.5) is 0 Å². The summed E-state index contributed by atoms with van der Waals surface area (Å²) < 4.78 is 0. The van der Waals surface area contributed by atoms with E-state index in [-0.39, 0.29) is 12.0 Å². The summed E-state index contributed by atoms with van der Waals surface area (Å²) in [6, 6.07) is 0. The van der Waals surface area contributed by atoms with E-state index in [1.165, 1.54) is 70.6 Å². The lowest BCUT2D eigenvalue weighted by atomic mass is 10.1. The van der Waals surface area contributed by atoms with Crippen LogP contribution in [0.3, 0.4) is 0 Å². The van der Waals surface area contributed by atoms with Gasteiger partial charge >= 0.3 is 0 Å². The molecule has 0 unspecified atom stereocenters. The van der Waals surface area contributed by atoms with Gasteiger partial charge in [-0.25, -0.2) is 0 Å². The lowest BCUT2D eigenvalue weighted by molar-refractivity contribution is -0.118. The SMILES string of the molecule is CC(C)O.CCCCCCCC/C=C\CCCCCCCC(N)=O. The summed E-state index contributed by atoms with van der Waals surface area (Å²) in [5.41, 5.74) is 5.10. The Hall–Kier alpha value is -0.830. The van der Waals surface area contributed by atoms with Crippen LogP contribution in [0, 0.1) is 0 Å². The molecule has 0 bridgehead atoms. The van der Waals surface area contributed by atoms with Crippen molar-refractivity contribution < 1.29 is 9.90 Å². The molecule has 24 heavy (non-hydrogen) atoms. The Labute approximate surface area is 151 Å². The van der Waals surface area contributed by atoms with Gasteiger partial charge in [0.15, 0.2) is 0 Å². The van der Waals surface area contributed by atoms with Gasteiger partial charge in [-0.15, -0.1) is 0 Å². The molecule has 0 saturated heterocycles. The molecule has 0 fully saturated rings. The van der Waals surface area contributed by atoms with Gasteiger partial charge in [-0.05, 0) is 46.0 Å². The lowest BCUT2D eigenvalue weighted by Crippen LogP contribution is -2.09. The van der Waals surface area contributed by atoms with E-state index in [2.05, 4.69) is 19.1 Å². The van der Waals surface area contributed by atoms with Gasteiger partial charge in [0.2, 0.25) is 5.91 Å². The number of hydrogen-bond acceptors (Lipinski definition) is 2. The van der Waals surface area contributed by atoms with E-state index in [0.29, 0.717) is 6.42 Å². The lowest BCUT2D eigenvalue weighted by Gasteiger charge is -1.99. The van der Waals surface area contributed by atoms with Crippen LogP contribution in [0.2, 0.25) is 0 Å². The highest BCUT2D eigenvalue weighted by atomic mass is 16.3. The minimum atomic E-state index is -0.167. The molecule has 0 atom stereocenters. The fraction of sp³-hybridized carbons (Fsp3) is 0.857. The number of rotatable bonds is 15. The molecule has 0 aromatic rings. The molecule has 0 heterocycles. The molecule has 0 rings (SSSR count). The topological polar surface area (TPSA) is 63.3 Å². The standard InChI is InChI=1S/C18H35NO.C3H8O/c1-2-3-4-5-6-7-8-9-10-11-12-13-14-15-16-17-18(19)20;1-3(2)4/h9-10H,2-8,11-17H2,1H3,(H2,19,20);3-4H,1-2H3/b10-9-;. The van der Waals surface area contributed by atoms with Gasteiger partial charge < -0.3 is 10.8 Å². The van der Waals surface area contributed by atoms with Crippen LogP contribution in [0.15, 0.2) is 12.2 Å². The molecule has 1 amide bonds. The number of aliphatic hydroxyl groups excluding tert-OH is 1. The number of carbonyl (C=O) groups is 1. The molecule has 3 heteroatoms. The van der Waals surface area contributed by atoms with Gasteiger partial charge in [-0.1, -0.05) is 70.4 Å². The third-order valence-electron chi connectivity index (χ3n) is 3.68. The van der Waals surface area contributed by atoms with Crippen LogP contribution in [-0.4, -0.2) is 17.1 Å². The van der Waals surface area contributed by atoms with Crippen LogP contribution < -0.4 is 5.73 Å². The van der Waals surface area contributed by atoms with E-state index >= 15 is 0 Å². The summed E-state index contributed by atoms with van der Waals surface area (Å²) in [5, 5.41) is 8.06. The van der Waals surface area contributed by atoms with Crippen molar-refractivity contribution in [2.45, 2.75) is 117 Å². The molecule has 0 radical (unpaired) electrons. The van der Waals surface area contributed by atoms with Gasteiger partial charge in [0.25, 0.3) is 0 Å². The highest BCUT2D eigenvalue weighted by Crippen LogP contribution is 2.09. The predicted octanol–water partition coefficient (Wildman–Crippen LogP) is 5.90. The zero-order valence-electron chi connectivity index (χ0n) is 16.6. The van der Waals surface area contributed by atoms with E-state index in [1.807, 2.05) is 0 Å². The summed E-state index contributed by atoms with van der Waals surface area (Å²) in [4.78, 5) is 10.5. The summed E-state index contributed by atoms with van der Waals surface area (Å²) in [6.45, 7) is 5.71. The maximum Gasteiger partial charge on any atom is 0.217 e. The number of hydrogen-bond donors (Lipinski definition) is 2. The number of nitrogens with two attached hydrogens (primary N) is 1. The van der Waals surface area contributed by atoms with Gasteiger partial charge in [0.05, 0.1) is 0 Å². The second kappa shape index (κ2) is 22.2. The Morgan fingerprint density at radius 3 is 1.62 bits per heavy atom. The van der Waals surface area contributed by atoms with Crippen LogP contribution in [0.1, 0.15) is 111 Å². The van der Waals surface area contributed by atoms with Gasteiger partial charge in [-0.2, -0.15) is 0 Å². The number of unbranched alkanes of at least 4 members (excludes halogenated alkanes) is 11. The van der Waals surface area contributed by atoms with Crippen molar-refractivity contribution in [3.63, 3.8) is 0 Å². The van der Waals surface area contributed by atoms with Crippen molar-refractivity contribution in [1.29, 1.82) is 0 Å². The van der Waals surface area contributed by atoms with Crippen molar-refractivity contribution in [3.05, 3.63) is 12.2 Å². The molecule has 0 saturated carbocycles. The third-order valence-corrected chi connectivity index (χ3v) is 3.68. The Balaban J connectivity index is 0. The second-order valence-corrected chi connectivity index (χ2v) is 6.89. The smallest absolute Gasteiger partial charge is 0.217 e. The minimum Gasteiger partial charge on any atom is -0.394 e. The monoisotopic (exact) mass is 341 g/mol. The van der Waals surface area contributed by atoms with Crippen molar-refractivity contribution >= 4 is 5.91 Å². The molecule has 3 nitrogen and oxygen atoms in total. The van der Waals surface area contributed by atoms with Crippen LogP contribution in [0.5, 0.6) is 0 Å². The highest BCUT2D eigenvalue weighted by molar-refractivity contribution is 5.73. The van der Waals surface area contributed by atoms with Crippen molar-refractivity contribution in [2.75, 3.05) is 0 Å². The maximum absolute atomic E-state index is 10.5. The van der Waals surface area contributed by atoms with E-state index in [0.717, 1.165) is 12.8 Å². The van der Waals surface area contributed by atoms with Crippen LogP contribution in [0.25, 0.3) is 0 Å². The van der Waals surface area contributed by atoms with Crippen LogP contribution in [-0.2, 0) is 4.79 Å². The molecule has 0 aromatic heterocycles. The molecular formula is C21H43NO2. The first-order valence-corrected chi connectivity index (χ1v) is 10.1. The summed E-state index contributed by atoms with van der Waals surface area (Å²) >= 11 is 0. The van der Waals surface area contributed by atoms with Crippen molar-refractivity contribution in [3.8, 4) is 0 Å². The Bertz CT molecular complexity index is 272. The van der Waals surface area contributed by atoms with E-state index in [4.69, 9.17) is 10.8 Å². The minimum absolute atomic E-state index is 0.164. The Morgan fingerprint density at radius 2 is 1.21 bits per heavy atom. The molecule has 3 N–H and O–H groups in total. The number of amides is 1. The van der Waals surface area contributed by atoms with E-state index in [1.54, 1.807) is 13.8 Å². The predicted molar refractivity (Wildman–Crippen MR) is 106 cm³/mol. The Kier molecular flexibility index (Phi) is 23.5. The number of allylic oxidation sites excluding steroid dienone is 2. The normalized spacial score (nSPS) is 10.9. The van der Waals surface area contributed by atoms with E-state index in [9.17, 15) is 4.79 Å². The first-order valence-electron chi connectivity index (χ1n) is 10.1. The zero-order valence-corrected chi connectivity index (χ0v) is 16.6. The van der Waals surface area contributed by atoms with Gasteiger partial charge in [-0.3, -0.25) is 4.79 Å². The molecule has 0 spiro atoms. The maximum atomic E-state index is 10.5. The molecule has 0 aliphatic heterocycles. The molecule has 0 aliphatic rings. The quantitative estimate of drug-likeness (QED) is 0.288. The first-order chi connectivity index (χ1) is 11.5. The molecular weight excluding hydrogens is 298 g/mol. The summed E-state index contributed by atoms with van der Waals surface area (Å²) in [6.07, 6.45) is 21.8. The van der Waals surface area contributed by atoms with Crippen LogP contribution >= 0.6 is 0 Å². The number of primary amides is 1. The zero-order chi connectivity index (χ0) is 18.5. The van der Waals surface area contributed by atoms with Crippen molar-refractivity contribution in [1.82, 2.24) is 0 Å². The number of aliphatic hydroxyl groups is 1. The van der Waals surface area contributed by atoms with Gasteiger partial charge in [0, 0.05) is 12.5 Å². The highest BCUT2D eigenvalue weighted by Gasteiger charge is 1.94. The third kappa shape index (κ3) is 32.9. The fourth-order valence-electron chi connectivity index (χ4n) is 2.37. The largest absolute Gasteiger partial charge is 0.394 e. The van der Waals surface area contributed by atoms with E-state index < -0.39 is 0 Å². The molecule has 0 aromatic carbocycles. The summed E-state index contributed by atoms with van der Waals surface area (Å²) in [5.74, 6) is -0.164. The number of carbonyl (C=O) groups excluding carboxylic acids is 1. The molecule has 144 valence electrons. The summed E-state index contributed by atoms with van der Waals surface area (Å²) in [7, 11) is 0. The first kappa shape index (κ1) is 25.4. The molecule has 0 aliphatic carbocycles. The van der Waals surface area contributed by atoms with Crippen molar-refractivity contribution in [2.24, 2.45) is 5.73 Å². The fourth-order valence-corrected chi connectivity index (χ4v) is 2.37. The second-order valence-electron chi connectivity index (χ2n) is 6.89. The van der Waals surface area contributed by atoms with Gasteiger partial charge in [0.1, 0.15) is 0 Å². The average molecular weight is 342 g/mol. The average Bonchev–Trinajstić information content (AvgIpc) is 2.50.